The van der Waals surface area contributed by atoms with E-state index in [-0.39, 0.29) is 0 Å². The first kappa shape index (κ1) is 11.8. The summed E-state index contributed by atoms with van der Waals surface area (Å²) in [5.41, 5.74) is 2.00. The lowest BCUT2D eigenvalue weighted by Crippen LogP contribution is -2.31. The van der Waals surface area contributed by atoms with Crippen molar-refractivity contribution in [1.82, 2.24) is 5.32 Å². The van der Waals surface area contributed by atoms with Gasteiger partial charge in [-0.15, -0.1) is 0 Å². The van der Waals surface area contributed by atoms with Crippen LogP contribution in [0.3, 0.4) is 0 Å². The van der Waals surface area contributed by atoms with Crippen LogP contribution < -0.4 is 5.32 Å². The molecule has 2 unspecified atom stereocenters. The molecule has 1 aliphatic rings. The maximum atomic E-state index is 3.64. The molecule has 0 aromatic heterocycles. The van der Waals surface area contributed by atoms with Gasteiger partial charge in [-0.1, -0.05) is 32.4 Å². The first-order chi connectivity index (χ1) is 6.47. The first-order valence-corrected chi connectivity index (χ1v) is 5.86. The van der Waals surface area contributed by atoms with Crippen LogP contribution in [0.4, 0.5) is 0 Å². The van der Waals surface area contributed by atoms with Crippen molar-refractivity contribution in [2.24, 2.45) is 11.3 Å². The van der Waals surface area contributed by atoms with E-state index in [2.05, 4.69) is 46.0 Å². The monoisotopic (exact) mass is 195 g/mol. The molecule has 0 heterocycles. The minimum atomic E-state index is 0.567. The summed E-state index contributed by atoms with van der Waals surface area (Å²) in [6, 6.07) is 0.606. The van der Waals surface area contributed by atoms with Crippen LogP contribution >= 0.6 is 0 Å². The first-order valence-electron chi connectivity index (χ1n) is 5.86. The Labute approximate surface area is 89.0 Å². The molecule has 0 bridgehead atoms. The van der Waals surface area contributed by atoms with Crippen molar-refractivity contribution in [2.75, 3.05) is 6.54 Å². The molecule has 1 heteroatoms. The Morgan fingerprint density at radius 1 is 1.50 bits per heavy atom. The predicted molar refractivity (Wildman–Crippen MR) is 63.4 cm³/mol. The Kier molecular flexibility index (Phi) is 3.77. The molecule has 0 radical (unpaired) electrons. The second-order valence-electron chi connectivity index (χ2n) is 5.52. The van der Waals surface area contributed by atoms with Crippen LogP contribution in [0.25, 0.3) is 0 Å². The van der Waals surface area contributed by atoms with E-state index in [4.69, 9.17) is 0 Å². The van der Waals surface area contributed by atoms with E-state index < -0.39 is 0 Å². The Morgan fingerprint density at radius 2 is 2.07 bits per heavy atom. The van der Waals surface area contributed by atoms with Gasteiger partial charge in [0, 0.05) is 6.04 Å². The van der Waals surface area contributed by atoms with Gasteiger partial charge in [-0.05, 0) is 44.6 Å². The molecular weight excluding hydrogens is 170 g/mol. The highest BCUT2D eigenvalue weighted by atomic mass is 14.9. The fraction of sp³-hybridized carbons (Fsp3) is 0.846. The van der Waals surface area contributed by atoms with E-state index >= 15 is 0 Å². The van der Waals surface area contributed by atoms with Crippen LogP contribution in [-0.2, 0) is 0 Å². The van der Waals surface area contributed by atoms with E-state index in [1.807, 2.05) is 0 Å². The average Bonchev–Trinajstić information content (AvgIpc) is 2.68. The highest BCUT2D eigenvalue weighted by molar-refractivity contribution is 5.12. The third-order valence-electron chi connectivity index (χ3n) is 3.17. The third kappa shape index (κ3) is 3.13. The normalized spacial score (nSPS) is 25.6. The summed E-state index contributed by atoms with van der Waals surface area (Å²) in [6.07, 6.45) is 4.99. The van der Waals surface area contributed by atoms with Crippen molar-refractivity contribution >= 4 is 0 Å². The molecule has 82 valence electrons. The maximum absolute atomic E-state index is 3.64. The highest BCUT2D eigenvalue weighted by Gasteiger charge is 2.49. The van der Waals surface area contributed by atoms with Crippen molar-refractivity contribution in [3.63, 3.8) is 0 Å². The number of allylic oxidation sites excluding steroid dienone is 1. The molecule has 1 N–H and O–H groups in total. The molecule has 0 saturated heterocycles. The Hall–Kier alpha value is -0.300. The van der Waals surface area contributed by atoms with Crippen molar-refractivity contribution in [3.05, 3.63) is 11.6 Å². The maximum Gasteiger partial charge on any atom is 0.0286 e. The van der Waals surface area contributed by atoms with Crippen LogP contribution in [0.1, 0.15) is 47.5 Å². The molecule has 14 heavy (non-hydrogen) atoms. The summed E-state index contributed by atoms with van der Waals surface area (Å²) in [7, 11) is 0. The summed E-state index contributed by atoms with van der Waals surface area (Å²) in [6.45, 7) is 12.5. The molecule has 2 atom stereocenters. The smallest absolute Gasteiger partial charge is 0.0286 e. The topological polar surface area (TPSA) is 12.0 Å². The van der Waals surface area contributed by atoms with Gasteiger partial charge in [0.2, 0.25) is 0 Å². The highest BCUT2D eigenvalue weighted by Crippen LogP contribution is 2.53. The molecule has 1 fully saturated rings. The summed E-state index contributed by atoms with van der Waals surface area (Å²) in [5, 5.41) is 3.64. The second kappa shape index (κ2) is 4.48. The summed E-state index contributed by atoms with van der Waals surface area (Å²) < 4.78 is 0. The van der Waals surface area contributed by atoms with Crippen molar-refractivity contribution < 1.29 is 0 Å². The van der Waals surface area contributed by atoms with Gasteiger partial charge < -0.3 is 5.32 Å². The number of nitrogens with one attached hydrogen (secondary N) is 1. The lowest BCUT2D eigenvalue weighted by molar-refractivity contribution is 0.457. The number of hydrogen-bond acceptors (Lipinski definition) is 1. The molecule has 0 spiro atoms. The van der Waals surface area contributed by atoms with Crippen LogP contribution in [0.2, 0.25) is 0 Å². The molecule has 1 saturated carbocycles. The van der Waals surface area contributed by atoms with Gasteiger partial charge in [0.1, 0.15) is 0 Å². The van der Waals surface area contributed by atoms with Crippen LogP contribution in [-0.4, -0.2) is 12.6 Å². The Balaban J connectivity index is 2.51. The molecule has 0 aromatic rings. The van der Waals surface area contributed by atoms with Gasteiger partial charge >= 0.3 is 0 Å². The molecule has 1 aliphatic carbocycles. The van der Waals surface area contributed by atoms with Gasteiger partial charge in [0.15, 0.2) is 0 Å². The van der Waals surface area contributed by atoms with E-state index in [0.29, 0.717) is 11.5 Å². The number of rotatable bonds is 5. The number of hydrogen-bond donors (Lipinski definition) is 1. The average molecular weight is 195 g/mol. The van der Waals surface area contributed by atoms with Crippen LogP contribution in [0, 0.1) is 11.3 Å². The zero-order valence-electron chi connectivity index (χ0n) is 10.4. The van der Waals surface area contributed by atoms with Crippen LogP contribution in [0.5, 0.6) is 0 Å². The zero-order valence-corrected chi connectivity index (χ0v) is 10.4. The fourth-order valence-electron chi connectivity index (χ4n) is 2.11. The van der Waals surface area contributed by atoms with Gasteiger partial charge in [0.05, 0.1) is 0 Å². The van der Waals surface area contributed by atoms with E-state index in [1.54, 1.807) is 0 Å². The molecule has 0 amide bonds. The quantitative estimate of drug-likeness (QED) is 0.663. The fourth-order valence-corrected chi connectivity index (χ4v) is 2.11. The van der Waals surface area contributed by atoms with E-state index in [1.165, 1.54) is 18.4 Å². The van der Waals surface area contributed by atoms with Crippen LogP contribution in [0.15, 0.2) is 11.6 Å². The minimum absolute atomic E-state index is 0.567. The Bertz CT molecular complexity index is 211. The van der Waals surface area contributed by atoms with Gasteiger partial charge in [-0.2, -0.15) is 0 Å². The van der Waals surface area contributed by atoms with Gasteiger partial charge in [0.25, 0.3) is 0 Å². The lowest BCUT2D eigenvalue weighted by atomic mass is 10.0. The summed E-state index contributed by atoms with van der Waals surface area (Å²) >= 11 is 0. The Morgan fingerprint density at radius 3 is 2.43 bits per heavy atom. The van der Waals surface area contributed by atoms with Crippen molar-refractivity contribution in [3.8, 4) is 0 Å². The molecule has 1 nitrogen and oxygen atoms in total. The van der Waals surface area contributed by atoms with E-state index in [9.17, 15) is 0 Å². The molecule has 1 rings (SSSR count). The van der Waals surface area contributed by atoms with Crippen molar-refractivity contribution in [2.45, 2.75) is 53.5 Å². The zero-order chi connectivity index (χ0) is 10.8. The standard InChI is InChI=1S/C13H25N/c1-6-7-14-12(8-10(2)3)11-9-13(11,4)5/h8,11-12,14H,6-7,9H2,1-5H3. The van der Waals surface area contributed by atoms with E-state index in [0.717, 1.165) is 12.5 Å². The van der Waals surface area contributed by atoms with Gasteiger partial charge in [-0.3, -0.25) is 0 Å². The second-order valence-corrected chi connectivity index (χ2v) is 5.52. The lowest BCUT2D eigenvalue weighted by Gasteiger charge is -2.17. The molecular formula is C13H25N. The SMILES string of the molecule is CCCNC(C=C(C)C)C1CC1(C)C. The van der Waals surface area contributed by atoms with Gasteiger partial charge in [-0.25, -0.2) is 0 Å². The third-order valence-corrected chi connectivity index (χ3v) is 3.17. The molecule has 0 aliphatic heterocycles. The largest absolute Gasteiger partial charge is 0.310 e. The minimum Gasteiger partial charge on any atom is -0.310 e. The van der Waals surface area contributed by atoms with Crippen molar-refractivity contribution in [1.29, 1.82) is 0 Å². The summed E-state index contributed by atoms with van der Waals surface area (Å²) in [5.74, 6) is 0.851. The molecule has 0 aromatic carbocycles. The predicted octanol–water partition coefficient (Wildman–Crippen LogP) is 3.37. The summed E-state index contributed by atoms with van der Waals surface area (Å²) in [4.78, 5) is 0.